The van der Waals surface area contributed by atoms with E-state index in [0.29, 0.717) is 17.1 Å². The van der Waals surface area contributed by atoms with Crippen LogP contribution < -0.4 is 4.90 Å². The topological polar surface area (TPSA) is 36.3 Å². The molecule has 22 heavy (non-hydrogen) atoms. The third-order valence-electron chi connectivity index (χ3n) is 3.86. The van der Waals surface area contributed by atoms with Gasteiger partial charge in [0.25, 0.3) is 0 Å². The van der Waals surface area contributed by atoms with Gasteiger partial charge in [0.2, 0.25) is 0 Å². The zero-order valence-electron chi connectivity index (χ0n) is 12.4. The van der Waals surface area contributed by atoms with E-state index < -0.39 is 0 Å². The Morgan fingerprint density at radius 2 is 1.91 bits per heavy atom. The Bertz CT molecular complexity index is 696. The number of hydrogen-bond donors (Lipinski definition) is 0. The van der Waals surface area contributed by atoms with Gasteiger partial charge >= 0.3 is 0 Å². The molecule has 2 unspecified atom stereocenters. The van der Waals surface area contributed by atoms with Crippen molar-refractivity contribution in [3.05, 3.63) is 64.7 Å². The van der Waals surface area contributed by atoms with Gasteiger partial charge in [0.1, 0.15) is 12.2 Å². The molecule has 112 valence electrons. The van der Waals surface area contributed by atoms with Crippen molar-refractivity contribution < 1.29 is 4.74 Å². The van der Waals surface area contributed by atoms with E-state index in [1.165, 1.54) is 0 Å². The monoisotopic (exact) mass is 312 g/mol. The number of anilines is 1. The maximum Gasteiger partial charge on any atom is 0.101 e. The van der Waals surface area contributed by atoms with E-state index in [2.05, 4.69) is 23.1 Å². The van der Waals surface area contributed by atoms with Crippen molar-refractivity contribution in [3.8, 4) is 6.07 Å². The number of hydrogen-bond acceptors (Lipinski definition) is 3. The van der Waals surface area contributed by atoms with Gasteiger partial charge in [-0.25, -0.2) is 0 Å². The Morgan fingerprint density at radius 3 is 2.64 bits per heavy atom. The summed E-state index contributed by atoms with van der Waals surface area (Å²) in [5.41, 5.74) is 2.56. The molecule has 3 rings (SSSR count). The summed E-state index contributed by atoms with van der Waals surface area (Å²) in [5.74, 6) is 0. The first-order chi connectivity index (χ1) is 10.7. The highest BCUT2D eigenvalue weighted by Crippen LogP contribution is 2.34. The lowest BCUT2D eigenvalue weighted by Gasteiger charge is -2.39. The minimum atomic E-state index is -0.0206. The lowest BCUT2D eigenvalue weighted by Crippen LogP contribution is -2.43. The molecule has 0 bridgehead atoms. The first kappa shape index (κ1) is 14.9. The number of benzene rings is 2. The van der Waals surface area contributed by atoms with E-state index in [9.17, 15) is 5.26 Å². The number of rotatable bonds is 2. The number of nitriles is 1. The van der Waals surface area contributed by atoms with E-state index in [1.54, 1.807) is 6.07 Å². The van der Waals surface area contributed by atoms with Crippen molar-refractivity contribution in [1.82, 2.24) is 0 Å². The molecule has 1 aliphatic heterocycles. The fourth-order valence-electron chi connectivity index (χ4n) is 2.91. The van der Waals surface area contributed by atoms with Gasteiger partial charge in [-0.3, -0.25) is 0 Å². The van der Waals surface area contributed by atoms with Crippen molar-refractivity contribution in [2.24, 2.45) is 0 Å². The van der Waals surface area contributed by atoms with Crippen LogP contribution in [0, 0.1) is 11.3 Å². The molecule has 1 heterocycles. The van der Waals surface area contributed by atoms with Gasteiger partial charge in [0, 0.05) is 13.1 Å². The van der Waals surface area contributed by atoms with E-state index in [4.69, 9.17) is 16.3 Å². The van der Waals surface area contributed by atoms with Crippen LogP contribution in [0.4, 0.5) is 5.69 Å². The molecular formula is C18H17ClN2O. The van der Waals surface area contributed by atoms with Crippen LogP contribution in [0.15, 0.2) is 48.5 Å². The molecule has 1 fully saturated rings. The molecule has 0 spiro atoms. The molecule has 0 aliphatic carbocycles. The van der Waals surface area contributed by atoms with Crippen molar-refractivity contribution in [2.45, 2.75) is 19.1 Å². The third kappa shape index (κ3) is 2.94. The summed E-state index contributed by atoms with van der Waals surface area (Å²) in [6, 6.07) is 17.8. The molecule has 0 radical (unpaired) electrons. The molecule has 0 saturated carbocycles. The number of ether oxygens (including phenoxy) is 1. The average molecular weight is 313 g/mol. The largest absolute Gasteiger partial charge is 0.367 e. The third-order valence-corrected chi connectivity index (χ3v) is 4.16. The first-order valence-corrected chi connectivity index (χ1v) is 7.71. The highest BCUT2D eigenvalue weighted by atomic mass is 35.5. The Balaban J connectivity index is 1.94. The van der Waals surface area contributed by atoms with Gasteiger partial charge < -0.3 is 9.64 Å². The Labute approximate surface area is 135 Å². The second kappa shape index (κ2) is 6.39. The van der Waals surface area contributed by atoms with Crippen LogP contribution >= 0.6 is 11.6 Å². The van der Waals surface area contributed by atoms with E-state index in [1.807, 2.05) is 37.3 Å². The standard InChI is InChI=1S/C18H17ClN2O/c1-13-11-21(18-15(10-20)8-5-9-16(18)19)12-17(22-13)14-6-3-2-4-7-14/h2-9,13,17H,11-12H2,1H3. The molecular weight excluding hydrogens is 296 g/mol. The van der Waals surface area contributed by atoms with Crippen LogP contribution in [0.5, 0.6) is 0 Å². The highest BCUT2D eigenvalue weighted by molar-refractivity contribution is 6.33. The molecule has 3 nitrogen and oxygen atoms in total. The normalized spacial score (nSPS) is 21.4. The lowest BCUT2D eigenvalue weighted by atomic mass is 10.0. The maximum absolute atomic E-state index is 9.36. The molecule has 2 atom stereocenters. The molecule has 4 heteroatoms. The van der Waals surface area contributed by atoms with E-state index >= 15 is 0 Å². The Hall–Kier alpha value is -2.02. The van der Waals surface area contributed by atoms with Crippen LogP contribution in [-0.2, 0) is 4.74 Å². The minimum absolute atomic E-state index is 0.0206. The summed E-state index contributed by atoms with van der Waals surface area (Å²) in [7, 11) is 0. The fraction of sp³-hybridized carbons (Fsp3) is 0.278. The summed E-state index contributed by atoms with van der Waals surface area (Å²) < 4.78 is 6.07. The lowest BCUT2D eigenvalue weighted by molar-refractivity contribution is -0.0173. The van der Waals surface area contributed by atoms with Gasteiger partial charge in [-0.15, -0.1) is 0 Å². The second-order valence-corrected chi connectivity index (χ2v) is 5.91. The number of nitrogens with zero attached hydrogens (tertiary/aromatic N) is 2. The molecule has 1 aliphatic rings. The van der Waals surface area contributed by atoms with Crippen LogP contribution in [-0.4, -0.2) is 19.2 Å². The van der Waals surface area contributed by atoms with Crippen LogP contribution in [0.3, 0.4) is 0 Å². The van der Waals surface area contributed by atoms with Crippen LogP contribution in [0.25, 0.3) is 0 Å². The van der Waals surface area contributed by atoms with Crippen LogP contribution in [0.2, 0.25) is 5.02 Å². The summed E-state index contributed by atoms with van der Waals surface area (Å²) in [6.07, 6.45) is 0.0505. The smallest absolute Gasteiger partial charge is 0.101 e. The number of halogens is 1. The van der Waals surface area contributed by atoms with Crippen molar-refractivity contribution in [1.29, 1.82) is 5.26 Å². The van der Waals surface area contributed by atoms with Gasteiger partial charge in [-0.2, -0.15) is 5.26 Å². The highest BCUT2D eigenvalue weighted by Gasteiger charge is 2.28. The summed E-state index contributed by atoms with van der Waals surface area (Å²) >= 11 is 6.35. The van der Waals surface area contributed by atoms with Crippen molar-refractivity contribution in [3.63, 3.8) is 0 Å². The predicted octanol–water partition coefficient (Wildman–Crippen LogP) is 4.18. The SMILES string of the molecule is CC1CN(c2c(Cl)cccc2C#N)CC(c2ccccc2)O1. The maximum atomic E-state index is 9.36. The van der Waals surface area contributed by atoms with Gasteiger partial charge in [-0.05, 0) is 24.6 Å². The first-order valence-electron chi connectivity index (χ1n) is 7.33. The number of morpholine rings is 1. The van der Waals surface area contributed by atoms with Gasteiger partial charge in [0.05, 0.1) is 22.4 Å². The van der Waals surface area contributed by atoms with Gasteiger partial charge in [0.15, 0.2) is 0 Å². The molecule has 0 aromatic heterocycles. The predicted molar refractivity (Wildman–Crippen MR) is 88.1 cm³/mol. The molecule has 0 N–H and O–H groups in total. The van der Waals surface area contributed by atoms with E-state index in [0.717, 1.165) is 17.8 Å². The minimum Gasteiger partial charge on any atom is -0.367 e. The zero-order chi connectivity index (χ0) is 15.5. The average Bonchev–Trinajstić information content (AvgIpc) is 2.54. The summed E-state index contributed by atoms with van der Waals surface area (Å²) in [6.45, 7) is 3.46. The molecule has 1 saturated heterocycles. The van der Waals surface area contributed by atoms with Crippen LogP contribution in [0.1, 0.15) is 24.2 Å². The summed E-state index contributed by atoms with van der Waals surface area (Å²) in [4.78, 5) is 2.16. The Morgan fingerprint density at radius 1 is 1.14 bits per heavy atom. The molecule has 2 aromatic rings. The van der Waals surface area contributed by atoms with Crippen molar-refractivity contribution >= 4 is 17.3 Å². The quantitative estimate of drug-likeness (QED) is 0.834. The van der Waals surface area contributed by atoms with Crippen molar-refractivity contribution in [2.75, 3.05) is 18.0 Å². The molecule has 2 aromatic carbocycles. The second-order valence-electron chi connectivity index (χ2n) is 5.50. The fourth-order valence-corrected chi connectivity index (χ4v) is 3.21. The molecule has 0 amide bonds. The summed E-state index contributed by atoms with van der Waals surface area (Å²) in [5, 5.41) is 9.97. The number of para-hydroxylation sites is 1. The van der Waals surface area contributed by atoms with Gasteiger partial charge in [-0.1, -0.05) is 48.0 Å². The Kier molecular flexibility index (Phi) is 4.33. The zero-order valence-corrected chi connectivity index (χ0v) is 13.1. The van der Waals surface area contributed by atoms with E-state index in [-0.39, 0.29) is 12.2 Å².